The van der Waals surface area contributed by atoms with Crippen LogP contribution in [0.4, 0.5) is 9.18 Å². The molecule has 8 heteroatoms. The largest absolute Gasteiger partial charge is 0.465 e. The Hall–Kier alpha value is -2.51. The molecule has 1 fully saturated rings. The zero-order valence-electron chi connectivity index (χ0n) is 18.4. The molecule has 30 heavy (non-hydrogen) atoms. The summed E-state index contributed by atoms with van der Waals surface area (Å²) in [5, 5.41) is 2.91. The number of benzene rings is 1. The molecule has 1 amide bonds. The van der Waals surface area contributed by atoms with Crippen LogP contribution < -0.4 is 14.8 Å². The highest BCUT2D eigenvalue weighted by molar-refractivity contribution is 5.92. The van der Waals surface area contributed by atoms with E-state index in [4.69, 9.17) is 18.9 Å². The third kappa shape index (κ3) is 4.47. The Morgan fingerprint density at radius 3 is 2.33 bits per heavy atom. The number of hydrogen-bond acceptors (Lipinski definition) is 6. The van der Waals surface area contributed by atoms with Gasteiger partial charge in [-0.2, -0.15) is 0 Å². The van der Waals surface area contributed by atoms with Gasteiger partial charge in [0.1, 0.15) is 5.60 Å². The fraction of sp³-hybridized carbons (Fsp3) is 0.636. The van der Waals surface area contributed by atoms with E-state index in [1.54, 1.807) is 13.8 Å². The molecule has 3 rings (SSSR count). The molecule has 1 atom stereocenters. The molecule has 0 aromatic heterocycles. The molecule has 1 heterocycles. The van der Waals surface area contributed by atoms with Gasteiger partial charge >= 0.3 is 12.1 Å². The quantitative estimate of drug-likeness (QED) is 0.721. The highest BCUT2D eigenvalue weighted by Gasteiger charge is 2.48. The summed E-state index contributed by atoms with van der Waals surface area (Å²) in [6, 6.07) is 1.13. The van der Waals surface area contributed by atoms with E-state index < -0.39 is 29.3 Å². The molecule has 1 N–H and O–H groups in total. The summed E-state index contributed by atoms with van der Waals surface area (Å²) in [6.07, 6.45) is 2.51. The number of amides is 1. The predicted molar refractivity (Wildman–Crippen MR) is 107 cm³/mol. The Bertz CT molecular complexity index is 841. The minimum atomic E-state index is -1.04. The first-order chi connectivity index (χ1) is 13.9. The van der Waals surface area contributed by atoms with E-state index in [0.29, 0.717) is 5.56 Å². The van der Waals surface area contributed by atoms with Crippen molar-refractivity contribution in [3.63, 3.8) is 0 Å². The van der Waals surface area contributed by atoms with Crippen molar-refractivity contribution in [2.45, 2.75) is 77.7 Å². The molecule has 2 aliphatic rings. The van der Waals surface area contributed by atoms with E-state index in [2.05, 4.69) is 5.32 Å². The van der Waals surface area contributed by atoms with Crippen molar-refractivity contribution >= 4 is 12.1 Å². The highest BCUT2D eigenvalue weighted by Crippen LogP contribution is 2.49. The molecule has 0 bridgehead atoms. The average Bonchev–Trinajstić information content (AvgIpc) is 3.03. The maximum Gasteiger partial charge on any atom is 0.407 e. The second kappa shape index (κ2) is 7.96. The fourth-order valence-corrected chi connectivity index (χ4v) is 4.07. The summed E-state index contributed by atoms with van der Waals surface area (Å²) in [7, 11) is 1.25. The van der Waals surface area contributed by atoms with Gasteiger partial charge in [-0.15, -0.1) is 0 Å². The van der Waals surface area contributed by atoms with Crippen LogP contribution in [0.5, 0.6) is 11.5 Å². The van der Waals surface area contributed by atoms with E-state index in [0.717, 1.165) is 31.7 Å². The van der Waals surface area contributed by atoms with Gasteiger partial charge in [0.2, 0.25) is 5.75 Å². The predicted octanol–water partition coefficient (Wildman–Crippen LogP) is 4.49. The van der Waals surface area contributed by atoms with Gasteiger partial charge in [-0.1, -0.05) is 0 Å². The minimum absolute atomic E-state index is 0.00182. The molecule has 1 saturated carbocycles. The SMILES string of the molecule is COC(=O)c1cc(F)c2c(c1C)OC(C)([C@H]1CC[C@H](NC(=O)OC(C)(C)C)CC1)O2. The van der Waals surface area contributed by atoms with E-state index in [-0.39, 0.29) is 29.0 Å². The fourth-order valence-electron chi connectivity index (χ4n) is 4.07. The molecule has 7 nitrogen and oxygen atoms in total. The van der Waals surface area contributed by atoms with Gasteiger partial charge in [0.15, 0.2) is 11.6 Å². The molecular weight excluding hydrogens is 393 g/mol. The molecular formula is C22H30FNO6. The van der Waals surface area contributed by atoms with Crippen LogP contribution in [0.25, 0.3) is 0 Å². The van der Waals surface area contributed by atoms with Gasteiger partial charge < -0.3 is 24.3 Å². The third-order valence-electron chi connectivity index (χ3n) is 5.64. The first-order valence-corrected chi connectivity index (χ1v) is 10.2. The number of fused-ring (bicyclic) bond motifs is 1. The van der Waals surface area contributed by atoms with Crippen molar-refractivity contribution in [2.75, 3.05) is 7.11 Å². The normalized spacial score (nSPS) is 25.6. The van der Waals surface area contributed by atoms with Crippen LogP contribution >= 0.6 is 0 Å². The first-order valence-electron chi connectivity index (χ1n) is 10.2. The van der Waals surface area contributed by atoms with Gasteiger partial charge in [-0.05, 0) is 59.4 Å². The van der Waals surface area contributed by atoms with E-state index in [9.17, 15) is 14.0 Å². The average molecular weight is 423 g/mol. The maximum atomic E-state index is 14.6. The highest BCUT2D eigenvalue weighted by atomic mass is 19.1. The number of nitrogens with one attached hydrogen (secondary N) is 1. The van der Waals surface area contributed by atoms with Crippen LogP contribution in [0.1, 0.15) is 69.3 Å². The van der Waals surface area contributed by atoms with Crippen LogP contribution in [0.15, 0.2) is 6.07 Å². The topological polar surface area (TPSA) is 83.1 Å². The lowest BCUT2D eigenvalue weighted by molar-refractivity contribution is -0.122. The zero-order valence-corrected chi connectivity index (χ0v) is 18.4. The maximum absolute atomic E-state index is 14.6. The second-order valence-electron chi connectivity index (χ2n) is 9.10. The molecule has 0 saturated heterocycles. The number of hydrogen-bond donors (Lipinski definition) is 1. The number of ether oxygens (including phenoxy) is 4. The molecule has 1 aromatic rings. The molecule has 0 radical (unpaired) electrons. The van der Waals surface area contributed by atoms with Gasteiger partial charge in [0, 0.05) is 24.4 Å². The number of carbonyl (C=O) groups excluding carboxylic acids is 2. The van der Waals surface area contributed by atoms with Crippen LogP contribution in [-0.4, -0.2) is 36.6 Å². The van der Waals surface area contributed by atoms with Crippen LogP contribution in [0, 0.1) is 18.7 Å². The first kappa shape index (κ1) is 22.2. The van der Waals surface area contributed by atoms with Gasteiger partial charge in [-0.25, -0.2) is 14.0 Å². The number of alkyl carbamates (subject to hydrolysis) is 1. The molecule has 1 aliphatic heterocycles. The summed E-state index contributed by atoms with van der Waals surface area (Å²) >= 11 is 0. The summed E-state index contributed by atoms with van der Waals surface area (Å²) < 4.78 is 36.7. The lowest BCUT2D eigenvalue weighted by Gasteiger charge is -2.37. The van der Waals surface area contributed by atoms with Gasteiger partial charge in [0.25, 0.3) is 5.79 Å². The summed E-state index contributed by atoms with van der Waals surface area (Å²) in [6.45, 7) is 8.94. The van der Waals surface area contributed by atoms with Crippen molar-refractivity contribution < 1.29 is 32.9 Å². The van der Waals surface area contributed by atoms with Crippen molar-refractivity contribution in [1.29, 1.82) is 0 Å². The number of carbonyl (C=O) groups is 2. The number of methoxy groups -OCH3 is 1. The molecule has 166 valence electrons. The number of halogens is 1. The van der Waals surface area contributed by atoms with Crippen molar-refractivity contribution in [2.24, 2.45) is 5.92 Å². The number of rotatable bonds is 3. The van der Waals surface area contributed by atoms with E-state index in [1.807, 2.05) is 20.8 Å². The second-order valence-corrected chi connectivity index (χ2v) is 9.10. The molecule has 1 unspecified atom stereocenters. The minimum Gasteiger partial charge on any atom is -0.465 e. The van der Waals surface area contributed by atoms with Crippen molar-refractivity contribution in [3.8, 4) is 11.5 Å². The summed E-state index contributed by atoms with van der Waals surface area (Å²) in [4.78, 5) is 23.9. The number of esters is 1. The van der Waals surface area contributed by atoms with Gasteiger partial charge in [-0.3, -0.25) is 0 Å². The third-order valence-corrected chi connectivity index (χ3v) is 5.64. The van der Waals surface area contributed by atoms with E-state index >= 15 is 0 Å². The Balaban J connectivity index is 1.67. The molecule has 1 aliphatic carbocycles. The van der Waals surface area contributed by atoms with Crippen LogP contribution in [0.2, 0.25) is 0 Å². The Morgan fingerprint density at radius 1 is 1.17 bits per heavy atom. The zero-order chi connectivity index (χ0) is 22.3. The Morgan fingerprint density at radius 2 is 1.77 bits per heavy atom. The van der Waals surface area contributed by atoms with Crippen molar-refractivity contribution in [3.05, 3.63) is 23.0 Å². The van der Waals surface area contributed by atoms with Gasteiger partial charge in [0.05, 0.1) is 12.7 Å². The smallest absolute Gasteiger partial charge is 0.407 e. The molecule has 0 spiro atoms. The standard InChI is InChI=1S/C22H30FNO6/c1-12-15(19(25)27-6)11-16(23)18-17(12)28-22(5,29-18)13-7-9-14(10-8-13)24-20(26)30-21(2,3)4/h11,13-14H,7-10H2,1-6H3,(H,24,26)/t13-,14-,22?. The van der Waals surface area contributed by atoms with Crippen LogP contribution in [-0.2, 0) is 9.47 Å². The Labute approximate surface area is 176 Å². The monoisotopic (exact) mass is 423 g/mol. The lowest BCUT2D eigenvalue weighted by Crippen LogP contribution is -2.48. The van der Waals surface area contributed by atoms with Crippen molar-refractivity contribution in [1.82, 2.24) is 5.32 Å². The Kier molecular flexibility index (Phi) is 5.89. The summed E-state index contributed by atoms with van der Waals surface area (Å²) in [5.41, 5.74) is 0.0611. The molecule has 1 aromatic carbocycles. The van der Waals surface area contributed by atoms with Crippen LogP contribution in [0.3, 0.4) is 0 Å². The lowest BCUT2D eigenvalue weighted by atomic mass is 9.81. The van der Waals surface area contributed by atoms with E-state index in [1.165, 1.54) is 7.11 Å². The summed E-state index contributed by atoms with van der Waals surface area (Å²) in [5.74, 6) is -2.05.